The Morgan fingerprint density at radius 3 is 2.50 bits per heavy atom. The van der Waals surface area contributed by atoms with E-state index in [-0.39, 0.29) is 5.96 Å². The van der Waals surface area contributed by atoms with E-state index in [9.17, 15) is 0 Å². The van der Waals surface area contributed by atoms with Crippen LogP contribution in [-0.2, 0) is 0 Å². The van der Waals surface area contributed by atoms with Crippen molar-refractivity contribution in [2.45, 2.75) is 0 Å². The average Bonchev–Trinajstić information content (AvgIpc) is 2.54. The van der Waals surface area contributed by atoms with Crippen LogP contribution in [-0.4, -0.2) is 10.9 Å². The highest BCUT2D eigenvalue weighted by Gasteiger charge is 2.07. The van der Waals surface area contributed by atoms with E-state index in [0.717, 1.165) is 27.6 Å². The molecule has 3 aromatic rings. The Kier molecular flexibility index (Phi) is 3.58. The molecule has 0 bridgehead atoms. The van der Waals surface area contributed by atoms with Gasteiger partial charge in [-0.05, 0) is 17.5 Å². The van der Waals surface area contributed by atoms with Crippen LogP contribution in [0.15, 0.2) is 72.4 Å². The van der Waals surface area contributed by atoms with Crippen molar-refractivity contribution < 1.29 is 0 Å². The Balaban J connectivity index is 2.19. The van der Waals surface area contributed by atoms with E-state index in [1.807, 2.05) is 60.8 Å². The Bertz CT molecular complexity index is 863. The number of hydrogen-bond donors (Lipinski definition) is 2. The molecule has 0 aliphatic carbocycles. The molecule has 3 rings (SSSR count). The minimum absolute atomic E-state index is 0.000401. The maximum Gasteiger partial charge on any atom is 0.191 e. The first-order chi connectivity index (χ1) is 10.6. The summed E-state index contributed by atoms with van der Waals surface area (Å²) in [6.45, 7) is 3.91. The third-order valence-electron chi connectivity index (χ3n) is 3.41. The summed E-state index contributed by atoms with van der Waals surface area (Å²) in [7, 11) is 0. The van der Waals surface area contributed by atoms with Crippen molar-refractivity contribution in [2.24, 2.45) is 16.5 Å². The van der Waals surface area contributed by atoms with Crippen molar-refractivity contribution >= 4 is 22.4 Å². The van der Waals surface area contributed by atoms with Gasteiger partial charge in [-0.3, -0.25) is 4.98 Å². The van der Waals surface area contributed by atoms with Crippen molar-refractivity contribution in [2.75, 3.05) is 0 Å². The first-order valence-corrected chi connectivity index (χ1v) is 6.88. The van der Waals surface area contributed by atoms with Crippen LogP contribution in [0.25, 0.3) is 27.7 Å². The predicted molar refractivity (Wildman–Crippen MR) is 92.0 cm³/mol. The maximum atomic E-state index is 5.42. The number of rotatable bonds is 3. The second-order valence-electron chi connectivity index (χ2n) is 4.94. The minimum Gasteiger partial charge on any atom is -0.370 e. The summed E-state index contributed by atoms with van der Waals surface area (Å²) in [6.07, 6.45) is 1.81. The van der Waals surface area contributed by atoms with E-state index in [1.54, 1.807) is 0 Å². The van der Waals surface area contributed by atoms with Gasteiger partial charge in [0, 0.05) is 22.7 Å². The summed E-state index contributed by atoms with van der Waals surface area (Å²) in [5.41, 5.74) is 14.2. The van der Waals surface area contributed by atoms with E-state index < -0.39 is 0 Å². The molecular weight excluding hydrogens is 272 g/mol. The lowest BCUT2D eigenvalue weighted by Gasteiger charge is -2.08. The van der Waals surface area contributed by atoms with Gasteiger partial charge in [0.05, 0.1) is 11.4 Å². The zero-order chi connectivity index (χ0) is 15.5. The third-order valence-corrected chi connectivity index (χ3v) is 3.41. The van der Waals surface area contributed by atoms with Crippen LogP contribution in [0.1, 0.15) is 5.56 Å². The summed E-state index contributed by atoms with van der Waals surface area (Å²) in [4.78, 5) is 8.54. The van der Waals surface area contributed by atoms with Crippen LogP contribution in [0.4, 0.5) is 0 Å². The van der Waals surface area contributed by atoms with Gasteiger partial charge in [0.15, 0.2) is 5.96 Å². The lowest BCUT2D eigenvalue weighted by atomic mass is 10.0. The Morgan fingerprint density at radius 1 is 1.00 bits per heavy atom. The van der Waals surface area contributed by atoms with Crippen molar-refractivity contribution in [3.05, 3.63) is 72.9 Å². The summed E-state index contributed by atoms with van der Waals surface area (Å²) < 4.78 is 0. The van der Waals surface area contributed by atoms with Crippen LogP contribution < -0.4 is 11.5 Å². The van der Waals surface area contributed by atoms with E-state index in [1.165, 1.54) is 0 Å². The monoisotopic (exact) mass is 288 g/mol. The average molecular weight is 288 g/mol. The second-order valence-corrected chi connectivity index (χ2v) is 4.94. The van der Waals surface area contributed by atoms with Gasteiger partial charge in [-0.2, -0.15) is 0 Å². The number of pyridine rings is 1. The zero-order valence-corrected chi connectivity index (χ0v) is 12.0. The number of guanidine groups is 1. The molecular formula is C18H16N4. The zero-order valence-electron chi connectivity index (χ0n) is 12.0. The van der Waals surface area contributed by atoms with Gasteiger partial charge in [-0.15, -0.1) is 0 Å². The largest absolute Gasteiger partial charge is 0.370 e. The van der Waals surface area contributed by atoms with Gasteiger partial charge < -0.3 is 11.5 Å². The number of fused-ring (bicyclic) bond motifs is 1. The highest BCUT2D eigenvalue weighted by atomic mass is 15.0. The lowest BCUT2D eigenvalue weighted by Crippen LogP contribution is -2.22. The first-order valence-electron chi connectivity index (χ1n) is 6.88. The number of aliphatic imine (C=N–C) groups is 1. The Hall–Kier alpha value is -3.14. The highest BCUT2D eigenvalue weighted by Crippen LogP contribution is 2.28. The minimum atomic E-state index is -0.000401. The van der Waals surface area contributed by atoms with Crippen molar-refractivity contribution in [3.8, 4) is 11.3 Å². The molecule has 2 aromatic carbocycles. The molecule has 0 saturated carbocycles. The molecule has 0 unspecified atom stereocenters. The number of hydrogen-bond acceptors (Lipinski definition) is 2. The maximum absolute atomic E-state index is 5.42. The molecule has 22 heavy (non-hydrogen) atoms. The SMILES string of the molecule is C=C(N=C(N)N)c1ccc2ccnc(-c3ccccc3)c2c1. The Morgan fingerprint density at radius 2 is 1.77 bits per heavy atom. The standard InChI is InChI=1S/C18H16N4/c1-12(22-18(19)20)15-8-7-13-9-10-21-17(16(13)11-15)14-5-3-2-4-6-14/h2-11H,1H2,(H4,19,20,22). The normalized spacial score (nSPS) is 10.4. The molecule has 0 fully saturated rings. The van der Waals surface area contributed by atoms with Crippen molar-refractivity contribution in [3.63, 3.8) is 0 Å². The Labute approximate surface area is 128 Å². The van der Waals surface area contributed by atoms with E-state index in [4.69, 9.17) is 11.5 Å². The topological polar surface area (TPSA) is 77.3 Å². The van der Waals surface area contributed by atoms with Crippen LogP contribution >= 0.6 is 0 Å². The smallest absolute Gasteiger partial charge is 0.191 e. The van der Waals surface area contributed by atoms with Crippen LogP contribution in [0, 0.1) is 0 Å². The highest BCUT2D eigenvalue weighted by molar-refractivity contribution is 5.96. The van der Waals surface area contributed by atoms with Gasteiger partial charge in [0.2, 0.25) is 0 Å². The second kappa shape index (κ2) is 5.69. The molecule has 0 aliphatic heterocycles. The van der Waals surface area contributed by atoms with Gasteiger partial charge in [-0.25, -0.2) is 4.99 Å². The van der Waals surface area contributed by atoms with Crippen LogP contribution in [0.3, 0.4) is 0 Å². The van der Waals surface area contributed by atoms with E-state index in [2.05, 4.69) is 16.6 Å². The van der Waals surface area contributed by atoms with Gasteiger partial charge in [0.25, 0.3) is 0 Å². The fourth-order valence-electron chi connectivity index (χ4n) is 2.39. The fourth-order valence-corrected chi connectivity index (χ4v) is 2.39. The molecule has 108 valence electrons. The van der Waals surface area contributed by atoms with E-state index in [0.29, 0.717) is 5.70 Å². The van der Waals surface area contributed by atoms with Crippen molar-refractivity contribution in [1.29, 1.82) is 0 Å². The summed E-state index contributed by atoms with van der Waals surface area (Å²) >= 11 is 0. The molecule has 0 radical (unpaired) electrons. The summed E-state index contributed by atoms with van der Waals surface area (Å²) in [5.74, 6) is -0.000401. The molecule has 4 nitrogen and oxygen atoms in total. The number of aromatic nitrogens is 1. The fraction of sp³-hybridized carbons (Fsp3) is 0. The van der Waals surface area contributed by atoms with Crippen LogP contribution in [0.2, 0.25) is 0 Å². The number of nitrogens with zero attached hydrogens (tertiary/aromatic N) is 2. The molecule has 0 aliphatic rings. The molecule has 0 saturated heterocycles. The van der Waals surface area contributed by atoms with E-state index >= 15 is 0 Å². The van der Waals surface area contributed by atoms with Gasteiger partial charge >= 0.3 is 0 Å². The molecule has 0 spiro atoms. The van der Waals surface area contributed by atoms with Crippen LogP contribution in [0.5, 0.6) is 0 Å². The molecule has 4 heteroatoms. The molecule has 1 aromatic heterocycles. The molecule has 0 atom stereocenters. The summed E-state index contributed by atoms with van der Waals surface area (Å²) in [6, 6.07) is 18.0. The lowest BCUT2D eigenvalue weighted by molar-refractivity contribution is 1.35. The molecule has 0 amide bonds. The quantitative estimate of drug-likeness (QED) is 0.574. The first kappa shape index (κ1) is 13.8. The summed E-state index contributed by atoms with van der Waals surface area (Å²) in [5, 5.41) is 2.15. The van der Waals surface area contributed by atoms with Gasteiger partial charge in [0.1, 0.15) is 0 Å². The van der Waals surface area contributed by atoms with Gasteiger partial charge in [-0.1, -0.05) is 49.0 Å². The number of benzene rings is 2. The third kappa shape index (κ3) is 2.67. The molecule has 1 heterocycles. The van der Waals surface area contributed by atoms with Crippen molar-refractivity contribution in [1.82, 2.24) is 4.98 Å². The predicted octanol–water partition coefficient (Wildman–Crippen LogP) is 3.15. The number of nitrogens with two attached hydrogens (primary N) is 2. The molecule has 4 N–H and O–H groups in total.